The Kier molecular flexibility index (Phi) is 2.40. The van der Waals surface area contributed by atoms with E-state index in [0.717, 1.165) is 23.0 Å². The van der Waals surface area contributed by atoms with Gasteiger partial charge in [0.1, 0.15) is 10.2 Å². The average Bonchev–Trinajstić information content (AvgIpc) is 2.86. The topological polar surface area (TPSA) is 36.2 Å². The van der Waals surface area contributed by atoms with Crippen LogP contribution in [-0.4, -0.2) is 6.61 Å². The molecule has 1 fully saturated rings. The molecule has 0 unspecified atom stereocenters. The zero-order chi connectivity index (χ0) is 9.26. The predicted octanol–water partition coefficient (Wildman–Crippen LogP) is 1.87. The highest BCUT2D eigenvalue weighted by atomic mass is 79.9. The van der Waals surface area contributed by atoms with Crippen LogP contribution < -0.4 is 9.47 Å². The Balaban J connectivity index is 2.01. The van der Waals surface area contributed by atoms with Crippen molar-refractivity contribution in [1.29, 1.82) is 0 Å². The maximum Gasteiger partial charge on any atom is 0.198 e. The number of halogens is 1. The lowest BCUT2D eigenvalue weighted by molar-refractivity contribution is -0.606. The molecule has 1 saturated carbocycles. The van der Waals surface area contributed by atoms with Crippen LogP contribution in [0.5, 0.6) is 5.75 Å². The molecule has 1 aromatic heterocycles. The summed E-state index contributed by atoms with van der Waals surface area (Å²) in [6.07, 6.45) is 5.42. The molecular weight excluding hydrogens is 234 g/mol. The Morgan fingerprint density at radius 1 is 1.62 bits per heavy atom. The van der Waals surface area contributed by atoms with E-state index >= 15 is 0 Å². The van der Waals surface area contributed by atoms with E-state index in [2.05, 4.69) is 15.9 Å². The van der Waals surface area contributed by atoms with Crippen LogP contribution in [-0.2, 0) is 0 Å². The van der Waals surface area contributed by atoms with E-state index in [1.165, 1.54) is 25.2 Å². The van der Waals surface area contributed by atoms with Gasteiger partial charge in [-0.15, -0.1) is 0 Å². The molecule has 1 aliphatic rings. The number of hydrogen-bond donors (Lipinski definition) is 0. The summed E-state index contributed by atoms with van der Waals surface area (Å²) in [6.45, 7) is 0.765. The maximum atomic E-state index is 10.8. The number of pyridine rings is 1. The van der Waals surface area contributed by atoms with Crippen molar-refractivity contribution in [1.82, 2.24) is 0 Å². The van der Waals surface area contributed by atoms with Gasteiger partial charge in [0.2, 0.25) is 0 Å². The van der Waals surface area contributed by atoms with Crippen LogP contribution in [0, 0.1) is 11.1 Å². The fraction of sp³-hybridized carbons (Fsp3) is 0.444. The zero-order valence-electron chi connectivity index (χ0n) is 7.07. The van der Waals surface area contributed by atoms with Gasteiger partial charge in [-0.25, -0.2) is 0 Å². The van der Waals surface area contributed by atoms with E-state index in [1.54, 1.807) is 6.07 Å². The number of ether oxygens (including phenoxy) is 1. The van der Waals surface area contributed by atoms with Crippen molar-refractivity contribution in [3.63, 3.8) is 0 Å². The molecule has 0 amide bonds. The van der Waals surface area contributed by atoms with Crippen LogP contribution in [0.2, 0.25) is 0 Å². The lowest BCUT2D eigenvalue weighted by atomic mass is 10.4. The van der Waals surface area contributed by atoms with Gasteiger partial charge < -0.3 is 9.94 Å². The molecule has 0 bridgehead atoms. The molecule has 0 spiro atoms. The molecule has 1 heterocycles. The van der Waals surface area contributed by atoms with E-state index in [0.29, 0.717) is 4.47 Å². The van der Waals surface area contributed by atoms with E-state index in [1.807, 2.05) is 0 Å². The van der Waals surface area contributed by atoms with Crippen LogP contribution in [0.15, 0.2) is 22.9 Å². The second-order valence-corrected chi connectivity index (χ2v) is 4.13. The lowest BCUT2D eigenvalue weighted by Gasteiger charge is -2.06. The Bertz CT molecular complexity index is 312. The second kappa shape index (κ2) is 3.54. The number of rotatable bonds is 3. The summed E-state index contributed by atoms with van der Waals surface area (Å²) in [4.78, 5) is 0. The molecule has 4 heteroatoms. The third kappa shape index (κ3) is 2.34. The summed E-state index contributed by atoms with van der Waals surface area (Å²) >= 11 is 3.27. The first-order chi connectivity index (χ1) is 6.25. The fourth-order valence-corrected chi connectivity index (χ4v) is 1.50. The van der Waals surface area contributed by atoms with Crippen molar-refractivity contribution >= 4 is 15.9 Å². The summed E-state index contributed by atoms with van der Waals surface area (Å²) in [7, 11) is 0. The molecule has 1 aromatic rings. The van der Waals surface area contributed by atoms with Crippen LogP contribution in [0.25, 0.3) is 0 Å². The normalized spacial score (nSPS) is 15.8. The van der Waals surface area contributed by atoms with Crippen LogP contribution >= 0.6 is 15.9 Å². The van der Waals surface area contributed by atoms with Crippen molar-refractivity contribution in [2.45, 2.75) is 12.8 Å². The molecule has 70 valence electrons. The monoisotopic (exact) mass is 243 g/mol. The van der Waals surface area contributed by atoms with Gasteiger partial charge in [0.15, 0.2) is 12.4 Å². The average molecular weight is 244 g/mol. The first-order valence-electron chi connectivity index (χ1n) is 4.27. The van der Waals surface area contributed by atoms with Crippen LogP contribution in [0.1, 0.15) is 12.8 Å². The highest BCUT2D eigenvalue weighted by Gasteiger charge is 2.22. The summed E-state index contributed by atoms with van der Waals surface area (Å²) in [5.41, 5.74) is 0. The van der Waals surface area contributed by atoms with Gasteiger partial charge in [-0.1, -0.05) is 0 Å². The molecule has 1 aliphatic carbocycles. The van der Waals surface area contributed by atoms with Crippen molar-refractivity contribution in [3.8, 4) is 5.75 Å². The Morgan fingerprint density at radius 3 is 3.00 bits per heavy atom. The van der Waals surface area contributed by atoms with Gasteiger partial charge in [-0.3, -0.25) is 0 Å². The third-order valence-corrected chi connectivity index (χ3v) is 2.62. The quantitative estimate of drug-likeness (QED) is 0.601. The summed E-state index contributed by atoms with van der Waals surface area (Å²) in [5.74, 6) is 1.48. The van der Waals surface area contributed by atoms with E-state index < -0.39 is 0 Å². The minimum Gasteiger partial charge on any atom is -0.619 e. The standard InChI is InChI=1S/C9H10BrNO2/c10-8-5-11(12)4-3-9(8)13-6-7-1-2-7/h3-5,7H,1-2,6H2. The summed E-state index contributed by atoms with van der Waals surface area (Å²) in [6, 6.07) is 1.68. The van der Waals surface area contributed by atoms with Crippen molar-refractivity contribution in [3.05, 3.63) is 28.1 Å². The molecule has 0 aliphatic heterocycles. The molecule has 0 aromatic carbocycles. The molecule has 0 saturated heterocycles. The minimum absolute atomic E-state index is 0.714. The zero-order valence-corrected chi connectivity index (χ0v) is 8.66. The van der Waals surface area contributed by atoms with Crippen molar-refractivity contribution in [2.75, 3.05) is 6.61 Å². The van der Waals surface area contributed by atoms with E-state index in [4.69, 9.17) is 4.74 Å². The Hall–Kier alpha value is -0.770. The highest BCUT2D eigenvalue weighted by molar-refractivity contribution is 9.10. The second-order valence-electron chi connectivity index (χ2n) is 3.27. The first kappa shape index (κ1) is 8.81. The van der Waals surface area contributed by atoms with E-state index in [9.17, 15) is 5.21 Å². The van der Waals surface area contributed by atoms with Gasteiger partial charge >= 0.3 is 0 Å². The predicted molar refractivity (Wildman–Crippen MR) is 51.3 cm³/mol. The Labute approximate surface area is 85.0 Å². The molecule has 2 rings (SSSR count). The van der Waals surface area contributed by atoms with Crippen LogP contribution in [0.3, 0.4) is 0 Å². The molecule has 13 heavy (non-hydrogen) atoms. The van der Waals surface area contributed by atoms with E-state index in [-0.39, 0.29) is 0 Å². The first-order valence-corrected chi connectivity index (χ1v) is 5.06. The molecule has 0 atom stereocenters. The van der Waals surface area contributed by atoms with Gasteiger partial charge in [-0.05, 0) is 34.7 Å². The van der Waals surface area contributed by atoms with Gasteiger partial charge in [0.25, 0.3) is 0 Å². The third-order valence-electron chi connectivity index (χ3n) is 2.02. The molecule has 0 radical (unpaired) electrons. The van der Waals surface area contributed by atoms with Gasteiger partial charge in [0, 0.05) is 6.07 Å². The summed E-state index contributed by atoms with van der Waals surface area (Å²) in [5, 5.41) is 10.8. The fourth-order valence-electron chi connectivity index (χ4n) is 1.05. The minimum atomic E-state index is 0.714. The SMILES string of the molecule is [O-][n+]1ccc(OCC2CC2)c(Br)c1. The smallest absolute Gasteiger partial charge is 0.198 e. The van der Waals surface area contributed by atoms with Gasteiger partial charge in [0.05, 0.1) is 6.61 Å². The number of hydrogen-bond acceptors (Lipinski definition) is 2. The number of aromatic nitrogens is 1. The largest absolute Gasteiger partial charge is 0.619 e. The van der Waals surface area contributed by atoms with Crippen LogP contribution in [0.4, 0.5) is 0 Å². The highest BCUT2D eigenvalue weighted by Crippen LogP contribution is 2.31. The maximum absolute atomic E-state index is 10.8. The molecular formula is C9H10BrNO2. The Morgan fingerprint density at radius 2 is 2.38 bits per heavy atom. The molecule has 0 N–H and O–H groups in total. The van der Waals surface area contributed by atoms with Crippen molar-refractivity contribution < 1.29 is 9.47 Å². The summed E-state index contributed by atoms with van der Waals surface area (Å²) < 4.78 is 6.97. The van der Waals surface area contributed by atoms with Gasteiger partial charge in [-0.2, -0.15) is 4.73 Å². The van der Waals surface area contributed by atoms with Crippen molar-refractivity contribution in [2.24, 2.45) is 5.92 Å². The molecule has 3 nitrogen and oxygen atoms in total. The number of nitrogens with zero attached hydrogens (tertiary/aromatic N) is 1. The lowest BCUT2D eigenvalue weighted by Crippen LogP contribution is -2.24.